The number of halogens is 2. The predicted molar refractivity (Wildman–Crippen MR) is 77.4 cm³/mol. The second kappa shape index (κ2) is 6.33. The van der Waals surface area contributed by atoms with Gasteiger partial charge in [0.05, 0.1) is 17.1 Å². The first-order chi connectivity index (χ1) is 9.45. The van der Waals surface area contributed by atoms with Gasteiger partial charge in [-0.05, 0) is 37.0 Å². The lowest BCUT2D eigenvalue weighted by molar-refractivity contribution is -0.137. The molecule has 2 rings (SSSR count). The van der Waals surface area contributed by atoms with Crippen molar-refractivity contribution >= 4 is 40.9 Å². The van der Waals surface area contributed by atoms with Crippen LogP contribution in [0.25, 0.3) is 0 Å². The normalized spacial score (nSPS) is 15.5. The van der Waals surface area contributed by atoms with E-state index >= 15 is 0 Å². The summed E-state index contributed by atoms with van der Waals surface area (Å²) in [5.41, 5.74) is 0.390. The summed E-state index contributed by atoms with van der Waals surface area (Å²) in [7, 11) is 0. The van der Waals surface area contributed by atoms with Crippen LogP contribution in [0.4, 0.5) is 10.5 Å². The zero-order valence-corrected chi connectivity index (χ0v) is 12.0. The van der Waals surface area contributed by atoms with E-state index in [9.17, 15) is 9.59 Å². The number of urea groups is 1. The van der Waals surface area contributed by atoms with Crippen molar-refractivity contribution in [2.75, 3.05) is 5.32 Å². The maximum Gasteiger partial charge on any atom is 0.319 e. The van der Waals surface area contributed by atoms with Gasteiger partial charge in [0.2, 0.25) is 0 Å². The number of hydrogen-bond donors (Lipinski definition) is 3. The summed E-state index contributed by atoms with van der Waals surface area (Å²) in [5.74, 6) is -0.685. The quantitative estimate of drug-likeness (QED) is 0.779. The molecular formula is C13H14Cl2N2O3. The predicted octanol–water partition coefficient (Wildman–Crippen LogP) is 3.37. The number of carbonyl (C=O) groups is 2. The first-order valence-corrected chi connectivity index (χ1v) is 6.95. The second-order valence-electron chi connectivity index (χ2n) is 4.76. The van der Waals surface area contributed by atoms with Crippen LogP contribution in [0.5, 0.6) is 0 Å². The van der Waals surface area contributed by atoms with E-state index in [1.807, 2.05) is 0 Å². The first kappa shape index (κ1) is 14.9. The molecule has 1 saturated carbocycles. The van der Waals surface area contributed by atoms with Crippen molar-refractivity contribution in [2.45, 2.75) is 25.3 Å². The fraction of sp³-hybridized carbons (Fsp3) is 0.385. The Kier molecular flexibility index (Phi) is 4.73. The van der Waals surface area contributed by atoms with Gasteiger partial charge in [0.15, 0.2) is 0 Å². The summed E-state index contributed by atoms with van der Waals surface area (Å²) in [6.45, 7) is 0. The van der Waals surface area contributed by atoms with E-state index in [0.717, 1.165) is 12.8 Å². The number of carbonyl (C=O) groups excluding carboxylic acids is 1. The van der Waals surface area contributed by atoms with E-state index in [-0.39, 0.29) is 18.4 Å². The molecule has 3 N–H and O–H groups in total. The number of aliphatic carboxylic acids is 1. The Morgan fingerprint density at radius 3 is 2.65 bits per heavy atom. The third-order valence-corrected chi connectivity index (χ3v) is 3.64. The smallest absolute Gasteiger partial charge is 0.319 e. The van der Waals surface area contributed by atoms with Gasteiger partial charge in [-0.1, -0.05) is 23.2 Å². The van der Waals surface area contributed by atoms with Gasteiger partial charge in [0, 0.05) is 11.1 Å². The zero-order valence-electron chi connectivity index (χ0n) is 10.5. The zero-order chi connectivity index (χ0) is 14.7. The van der Waals surface area contributed by atoms with Crippen LogP contribution in [0, 0.1) is 5.92 Å². The van der Waals surface area contributed by atoms with Crippen LogP contribution in [-0.2, 0) is 4.79 Å². The highest BCUT2D eigenvalue weighted by Gasteiger charge is 2.33. The van der Waals surface area contributed by atoms with Crippen LogP contribution in [-0.4, -0.2) is 23.1 Å². The van der Waals surface area contributed by atoms with Crippen LogP contribution in [0.1, 0.15) is 19.3 Å². The lowest BCUT2D eigenvalue weighted by Crippen LogP contribution is -2.40. The van der Waals surface area contributed by atoms with Crippen LogP contribution in [0.2, 0.25) is 10.0 Å². The van der Waals surface area contributed by atoms with Crippen molar-refractivity contribution in [3.63, 3.8) is 0 Å². The van der Waals surface area contributed by atoms with Crippen LogP contribution < -0.4 is 10.6 Å². The van der Waals surface area contributed by atoms with Crippen molar-refractivity contribution in [2.24, 2.45) is 5.92 Å². The fourth-order valence-corrected chi connectivity index (χ4v) is 2.28. The summed E-state index contributed by atoms with van der Waals surface area (Å²) in [5, 5.41) is 14.9. The minimum atomic E-state index is -0.928. The van der Waals surface area contributed by atoms with E-state index in [1.165, 1.54) is 6.07 Å². The Morgan fingerprint density at radius 2 is 2.05 bits per heavy atom. The van der Waals surface area contributed by atoms with E-state index in [0.29, 0.717) is 15.7 Å². The number of benzene rings is 1. The third-order valence-electron chi connectivity index (χ3n) is 3.08. The molecule has 0 radical (unpaired) electrons. The molecule has 5 nitrogen and oxygen atoms in total. The van der Waals surface area contributed by atoms with Gasteiger partial charge >= 0.3 is 12.0 Å². The van der Waals surface area contributed by atoms with Crippen molar-refractivity contribution in [1.82, 2.24) is 5.32 Å². The van der Waals surface area contributed by atoms with Gasteiger partial charge in [-0.15, -0.1) is 0 Å². The van der Waals surface area contributed by atoms with E-state index in [4.69, 9.17) is 28.3 Å². The average molecular weight is 317 g/mol. The molecule has 1 aromatic carbocycles. The molecule has 2 amide bonds. The first-order valence-electron chi connectivity index (χ1n) is 6.20. The molecule has 0 aliphatic heterocycles. The Labute approximate surface area is 126 Å². The van der Waals surface area contributed by atoms with Crippen molar-refractivity contribution < 1.29 is 14.7 Å². The maximum absolute atomic E-state index is 11.9. The molecule has 0 bridgehead atoms. The molecule has 1 aliphatic carbocycles. The number of carboxylic acid groups (broad SMARTS) is 1. The van der Waals surface area contributed by atoms with Crippen LogP contribution >= 0.6 is 23.2 Å². The van der Waals surface area contributed by atoms with Crippen LogP contribution in [0.15, 0.2) is 18.2 Å². The van der Waals surface area contributed by atoms with Gasteiger partial charge in [-0.2, -0.15) is 0 Å². The molecular weight excluding hydrogens is 303 g/mol. The minimum absolute atomic E-state index is 0.0820. The topological polar surface area (TPSA) is 78.4 Å². The number of rotatable bonds is 5. The third kappa shape index (κ3) is 4.28. The van der Waals surface area contributed by atoms with Gasteiger partial charge in [-0.25, -0.2) is 4.79 Å². The number of anilines is 1. The lowest BCUT2D eigenvalue weighted by atomic mass is 10.1. The maximum atomic E-state index is 11.9. The summed E-state index contributed by atoms with van der Waals surface area (Å²) >= 11 is 11.8. The number of carboxylic acids is 1. The molecule has 0 heterocycles. The molecule has 1 fully saturated rings. The highest BCUT2D eigenvalue weighted by Crippen LogP contribution is 2.34. The molecule has 0 saturated heterocycles. The Morgan fingerprint density at radius 1 is 1.35 bits per heavy atom. The molecule has 1 aromatic rings. The van der Waals surface area contributed by atoms with Gasteiger partial charge in [0.25, 0.3) is 0 Å². The molecule has 7 heteroatoms. The standard InChI is InChI=1S/C13H14Cl2N2O3/c14-8-3-4-9(15)11(5-8)17-13(20)16-10(6-12(18)19)7-1-2-7/h3-5,7,10H,1-2,6H2,(H,18,19)(H2,16,17,20). The van der Waals surface area contributed by atoms with E-state index < -0.39 is 12.0 Å². The summed E-state index contributed by atoms with van der Waals surface area (Å²) in [6, 6.07) is 3.89. The SMILES string of the molecule is O=C(O)CC(NC(=O)Nc1cc(Cl)ccc1Cl)C1CC1. The van der Waals surface area contributed by atoms with Gasteiger partial charge < -0.3 is 15.7 Å². The summed E-state index contributed by atoms with van der Waals surface area (Å²) in [6.07, 6.45) is 1.80. The average Bonchev–Trinajstić information content (AvgIpc) is 3.16. The molecule has 1 atom stereocenters. The largest absolute Gasteiger partial charge is 0.481 e. The monoisotopic (exact) mass is 316 g/mol. The Balaban J connectivity index is 1.96. The fourth-order valence-electron chi connectivity index (χ4n) is 1.94. The highest BCUT2D eigenvalue weighted by molar-refractivity contribution is 6.35. The van der Waals surface area contributed by atoms with Crippen molar-refractivity contribution in [3.05, 3.63) is 28.2 Å². The number of hydrogen-bond acceptors (Lipinski definition) is 2. The molecule has 20 heavy (non-hydrogen) atoms. The van der Waals surface area contributed by atoms with E-state index in [2.05, 4.69) is 10.6 Å². The number of nitrogens with one attached hydrogen (secondary N) is 2. The Bertz CT molecular complexity index is 532. The summed E-state index contributed by atoms with van der Waals surface area (Å²) < 4.78 is 0. The Hall–Kier alpha value is -1.46. The molecule has 0 aromatic heterocycles. The van der Waals surface area contributed by atoms with E-state index in [1.54, 1.807) is 12.1 Å². The number of amides is 2. The molecule has 1 unspecified atom stereocenters. The lowest BCUT2D eigenvalue weighted by Gasteiger charge is -2.17. The molecule has 1 aliphatic rings. The summed E-state index contributed by atoms with van der Waals surface area (Å²) in [4.78, 5) is 22.7. The highest BCUT2D eigenvalue weighted by atomic mass is 35.5. The van der Waals surface area contributed by atoms with Gasteiger partial charge in [-0.3, -0.25) is 4.79 Å². The van der Waals surface area contributed by atoms with Crippen molar-refractivity contribution in [1.29, 1.82) is 0 Å². The molecule has 0 spiro atoms. The van der Waals surface area contributed by atoms with Crippen molar-refractivity contribution in [3.8, 4) is 0 Å². The second-order valence-corrected chi connectivity index (χ2v) is 5.61. The minimum Gasteiger partial charge on any atom is -0.481 e. The van der Waals surface area contributed by atoms with Gasteiger partial charge in [0.1, 0.15) is 0 Å². The molecule has 108 valence electrons. The van der Waals surface area contributed by atoms with Crippen LogP contribution in [0.3, 0.4) is 0 Å².